The van der Waals surface area contributed by atoms with Crippen molar-refractivity contribution in [1.29, 1.82) is 0 Å². The van der Waals surface area contributed by atoms with E-state index in [2.05, 4.69) is 20.2 Å². The molecule has 6 heteroatoms. The molecule has 0 spiro atoms. The summed E-state index contributed by atoms with van der Waals surface area (Å²) < 4.78 is 0. The van der Waals surface area contributed by atoms with E-state index in [9.17, 15) is 4.79 Å². The maximum atomic E-state index is 11.0. The Labute approximate surface area is 135 Å². The summed E-state index contributed by atoms with van der Waals surface area (Å²) in [6.45, 7) is 4.59. The second-order valence-electron chi connectivity index (χ2n) is 5.83. The molecule has 1 atom stereocenters. The molecule has 3 rings (SSSR count). The molecule has 2 aromatic rings. The molecule has 0 bridgehead atoms. The van der Waals surface area contributed by atoms with Gasteiger partial charge in [-0.1, -0.05) is 12.1 Å². The fourth-order valence-electron chi connectivity index (χ4n) is 2.82. The first-order chi connectivity index (χ1) is 11.1. The number of aryl methyl sites for hydroxylation is 1. The van der Waals surface area contributed by atoms with Gasteiger partial charge in [-0.25, -0.2) is 14.8 Å². The molecule has 1 saturated heterocycles. The summed E-state index contributed by atoms with van der Waals surface area (Å²) in [4.78, 5) is 21.8. The number of nitrogens with zero attached hydrogens (tertiary/aromatic N) is 3. The van der Waals surface area contributed by atoms with Gasteiger partial charge < -0.3 is 15.3 Å². The number of pyridine rings is 2. The number of carboxylic acid groups (broad SMARTS) is 1. The predicted octanol–water partition coefficient (Wildman–Crippen LogP) is 2.42. The van der Waals surface area contributed by atoms with Crippen LogP contribution in [0.25, 0.3) is 0 Å². The molecule has 2 N–H and O–H groups in total. The van der Waals surface area contributed by atoms with E-state index in [1.54, 1.807) is 6.07 Å². The van der Waals surface area contributed by atoms with Crippen molar-refractivity contribution in [3.63, 3.8) is 0 Å². The lowest BCUT2D eigenvalue weighted by atomic mass is 10.1. The summed E-state index contributed by atoms with van der Waals surface area (Å²) in [5.41, 5.74) is 1.09. The van der Waals surface area contributed by atoms with Gasteiger partial charge in [0.05, 0.1) is 0 Å². The first-order valence-electron chi connectivity index (χ1n) is 7.74. The lowest BCUT2D eigenvalue weighted by molar-refractivity contribution is 0.0690. The third-order valence-electron chi connectivity index (χ3n) is 4.02. The van der Waals surface area contributed by atoms with Gasteiger partial charge in [0.1, 0.15) is 11.6 Å². The van der Waals surface area contributed by atoms with Crippen molar-refractivity contribution >= 4 is 17.6 Å². The number of nitrogens with one attached hydrogen (secondary N) is 1. The van der Waals surface area contributed by atoms with E-state index in [1.807, 2.05) is 31.2 Å². The molecule has 1 aliphatic heterocycles. The number of hydrogen-bond acceptors (Lipinski definition) is 5. The van der Waals surface area contributed by atoms with Crippen LogP contribution in [-0.2, 0) is 0 Å². The van der Waals surface area contributed by atoms with Crippen LogP contribution < -0.4 is 10.2 Å². The molecule has 23 heavy (non-hydrogen) atoms. The molecule has 0 aromatic carbocycles. The van der Waals surface area contributed by atoms with E-state index in [-0.39, 0.29) is 5.69 Å². The molecule has 0 amide bonds. The lowest BCUT2D eigenvalue weighted by Crippen LogP contribution is -2.24. The minimum absolute atomic E-state index is 0.0908. The Hall–Kier alpha value is -2.63. The Balaban J connectivity index is 1.58. The van der Waals surface area contributed by atoms with Crippen LogP contribution in [0.5, 0.6) is 0 Å². The topological polar surface area (TPSA) is 78.4 Å². The zero-order valence-corrected chi connectivity index (χ0v) is 13.1. The second kappa shape index (κ2) is 6.64. The van der Waals surface area contributed by atoms with E-state index in [4.69, 9.17) is 5.11 Å². The fourth-order valence-corrected chi connectivity index (χ4v) is 2.82. The number of aromatic nitrogens is 2. The van der Waals surface area contributed by atoms with Crippen molar-refractivity contribution in [3.8, 4) is 0 Å². The van der Waals surface area contributed by atoms with Gasteiger partial charge >= 0.3 is 5.97 Å². The predicted molar refractivity (Wildman–Crippen MR) is 89.0 cm³/mol. The molecule has 3 heterocycles. The van der Waals surface area contributed by atoms with Crippen molar-refractivity contribution in [1.82, 2.24) is 9.97 Å². The van der Waals surface area contributed by atoms with Crippen molar-refractivity contribution in [2.45, 2.75) is 13.3 Å². The molecular weight excluding hydrogens is 292 g/mol. The van der Waals surface area contributed by atoms with Gasteiger partial charge in [-0.05, 0) is 43.5 Å². The van der Waals surface area contributed by atoms with Gasteiger partial charge in [-0.15, -0.1) is 0 Å². The van der Waals surface area contributed by atoms with Crippen LogP contribution in [0.1, 0.15) is 22.6 Å². The Morgan fingerprint density at radius 3 is 2.91 bits per heavy atom. The largest absolute Gasteiger partial charge is 0.477 e. The molecule has 0 aliphatic carbocycles. The Morgan fingerprint density at radius 2 is 2.13 bits per heavy atom. The number of rotatable bonds is 5. The summed E-state index contributed by atoms with van der Waals surface area (Å²) in [7, 11) is 0. The van der Waals surface area contributed by atoms with Crippen molar-refractivity contribution in [2.24, 2.45) is 5.92 Å². The van der Waals surface area contributed by atoms with E-state index in [0.717, 1.165) is 43.4 Å². The number of carboxylic acids is 1. The zero-order chi connectivity index (χ0) is 16.2. The molecule has 0 saturated carbocycles. The third-order valence-corrected chi connectivity index (χ3v) is 4.02. The molecular formula is C17H20N4O2. The van der Waals surface area contributed by atoms with E-state index >= 15 is 0 Å². The van der Waals surface area contributed by atoms with Crippen LogP contribution in [0.4, 0.5) is 11.6 Å². The second-order valence-corrected chi connectivity index (χ2v) is 5.83. The van der Waals surface area contributed by atoms with Crippen LogP contribution in [0, 0.1) is 12.8 Å². The molecule has 2 aromatic heterocycles. The minimum atomic E-state index is -0.991. The highest BCUT2D eigenvalue weighted by atomic mass is 16.4. The summed E-state index contributed by atoms with van der Waals surface area (Å²) in [5.74, 6) is 1.14. The highest BCUT2D eigenvalue weighted by Gasteiger charge is 2.24. The third kappa shape index (κ3) is 3.77. The average Bonchev–Trinajstić information content (AvgIpc) is 3.02. The highest BCUT2D eigenvalue weighted by Crippen LogP contribution is 2.22. The first kappa shape index (κ1) is 15.3. The van der Waals surface area contributed by atoms with Crippen molar-refractivity contribution in [3.05, 3.63) is 47.8 Å². The normalized spacial score (nSPS) is 17.3. The molecule has 120 valence electrons. The molecule has 1 fully saturated rings. The number of hydrogen-bond donors (Lipinski definition) is 2. The minimum Gasteiger partial charge on any atom is -0.477 e. The van der Waals surface area contributed by atoms with Gasteiger partial charge in [0, 0.05) is 25.3 Å². The number of carbonyl (C=O) groups is 1. The summed E-state index contributed by atoms with van der Waals surface area (Å²) in [5, 5.41) is 12.4. The maximum absolute atomic E-state index is 11.0. The average molecular weight is 312 g/mol. The van der Waals surface area contributed by atoms with Gasteiger partial charge in [-0.3, -0.25) is 0 Å². The standard InChI is InChI=1S/C17H20N4O2/c1-12-4-2-6-15(19-12)18-10-13-8-9-21(11-13)16-7-3-5-14(20-16)17(22)23/h2-7,13H,8-11H2,1H3,(H,18,19)(H,22,23). The number of aromatic carboxylic acids is 1. The smallest absolute Gasteiger partial charge is 0.354 e. The summed E-state index contributed by atoms with van der Waals surface area (Å²) >= 11 is 0. The van der Waals surface area contributed by atoms with E-state index < -0.39 is 5.97 Å². The maximum Gasteiger partial charge on any atom is 0.354 e. The van der Waals surface area contributed by atoms with Crippen LogP contribution in [-0.4, -0.2) is 40.7 Å². The van der Waals surface area contributed by atoms with Gasteiger partial charge in [0.2, 0.25) is 0 Å². The zero-order valence-electron chi connectivity index (χ0n) is 13.1. The van der Waals surface area contributed by atoms with Crippen molar-refractivity contribution in [2.75, 3.05) is 29.9 Å². The van der Waals surface area contributed by atoms with Crippen LogP contribution in [0.15, 0.2) is 36.4 Å². The fraction of sp³-hybridized carbons (Fsp3) is 0.353. The van der Waals surface area contributed by atoms with Crippen LogP contribution in [0.2, 0.25) is 0 Å². The Morgan fingerprint density at radius 1 is 1.30 bits per heavy atom. The summed E-state index contributed by atoms with van der Waals surface area (Å²) in [6, 6.07) is 11.1. The van der Waals surface area contributed by atoms with Crippen molar-refractivity contribution < 1.29 is 9.90 Å². The monoisotopic (exact) mass is 312 g/mol. The van der Waals surface area contributed by atoms with E-state index in [1.165, 1.54) is 6.07 Å². The van der Waals surface area contributed by atoms with Gasteiger partial charge in [0.15, 0.2) is 5.69 Å². The molecule has 1 unspecified atom stereocenters. The Bertz CT molecular complexity index is 704. The lowest BCUT2D eigenvalue weighted by Gasteiger charge is -2.18. The molecule has 6 nitrogen and oxygen atoms in total. The van der Waals surface area contributed by atoms with Gasteiger partial charge in [0.25, 0.3) is 0 Å². The highest BCUT2D eigenvalue weighted by molar-refractivity contribution is 5.85. The van der Waals surface area contributed by atoms with Gasteiger partial charge in [-0.2, -0.15) is 0 Å². The van der Waals surface area contributed by atoms with Crippen LogP contribution in [0.3, 0.4) is 0 Å². The number of anilines is 2. The van der Waals surface area contributed by atoms with Crippen LogP contribution >= 0.6 is 0 Å². The first-order valence-corrected chi connectivity index (χ1v) is 7.74. The van der Waals surface area contributed by atoms with E-state index in [0.29, 0.717) is 5.92 Å². The quantitative estimate of drug-likeness (QED) is 0.883. The molecule has 0 radical (unpaired) electrons. The Kier molecular flexibility index (Phi) is 4.41. The molecule has 1 aliphatic rings. The SMILES string of the molecule is Cc1cccc(NCC2CCN(c3cccc(C(=O)O)n3)C2)n1. The summed E-state index contributed by atoms with van der Waals surface area (Å²) in [6.07, 6.45) is 1.05.